The number of benzene rings is 1. The van der Waals surface area contributed by atoms with Crippen molar-refractivity contribution in [1.82, 2.24) is 10.6 Å². The molecule has 2 unspecified atom stereocenters. The van der Waals surface area contributed by atoms with E-state index in [-0.39, 0.29) is 5.91 Å². The van der Waals surface area contributed by atoms with Crippen molar-refractivity contribution in [3.05, 3.63) is 34.4 Å². The van der Waals surface area contributed by atoms with Gasteiger partial charge in [-0.15, -0.1) is 0 Å². The number of piperidine rings is 1. The Morgan fingerprint density at radius 1 is 1.30 bits per heavy atom. The van der Waals surface area contributed by atoms with Crippen LogP contribution in [0.4, 0.5) is 0 Å². The third kappa shape index (κ3) is 3.40. The Morgan fingerprint density at radius 3 is 2.55 bits per heavy atom. The summed E-state index contributed by atoms with van der Waals surface area (Å²) in [6.07, 6.45) is 1.20. The Balaban J connectivity index is 2.02. The average Bonchev–Trinajstić information content (AvgIpc) is 2.36. The number of aryl methyl sites for hydroxylation is 3. The predicted molar refractivity (Wildman–Crippen MR) is 83.1 cm³/mol. The van der Waals surface area contributed by atoms with Crippen molar-refractivity contribution in [1.29, 1.82) is 0 Å². The van der Waals surface area contributed by atoms with Gasteiger partial charge in [-0.05, 0) is 63.2 Å². The van der Waals surface area contributed by atoms with Crippen molar-refractivity contribution in [2.24, 2.45) is 11.8 Å². The first-order valence-corrected chi connectivity index (χ1v) is 7.55. The molecule has 0 spiro atoms. The lowest BCUT2D eigenvalue weighted by Gasteiger charge is -2.29. The van der Waals surface area contributed by atoms with Gasteiger partial charge in [0.15, 0.2) is 0 Å². The summed E-state index contributed by atoms with van der Waals surface area (Å²) in [7, 11) is 0. The van der Waals surface area contributed by atoms with E-state index in [9.17, 15) is 4.79 Å². The third-order valence-corrected chi connectivity index (χ3v) is 4.42. The number of hydrogen-bond acceptors (Lipinski definition) is 2. The van der Waals surface area contributed by atoms with Gasteiger partial charge >= 0.3 is 0 Å². The van der Waals surface area contributed by atoms with Crippen LogP contribution in [0.25, 0.3) is 0 Å². The molecule has 1 aliphatic rings. The molecule has 1 aromatic carbocycles. The fraction of sp³-hybridized carbons (Fsp3) is 0.588. The highest BCUT2D eigenvalue weighted by Crippen LogP contribution is 2.19. The van der Waals surface area contributed by atoms with Crippen LogP contribution in [-0.4, -0.2) is 25.5 Å². The fourth-order valence-corrected chi connectivity index (χ4v) is 3.18. The predicted octanol–water partition coefficient (Wildman–Crippen LogP) is 2.59. The highest BCUT2D eigenvalue weighted by Gasteiger charge is 2.22. The highest BCUT2D eigenvalue weighted by molar-refractivity contribution is 5.97. The van der Waals surface area contributed by atoms with Gasteiger partial charge in [0.2, 0.25) is 0 Å². The second-order valence-electron chi connectivity index (χ2n) is 6.21. The molecular formula is C17H26N2O. The summed E-state index contributed by atoms with van der Waals surface area (Å²) in [4.78, 5) is 12.4. The smallest absolute Gasteiger partial charge is 0.251 e. The molecule has 2 atom stereocenters. The lowest BCUT2D eigenvalue weighted by molar-refractivity contribution is 0.0937. The van der Waals surface area contributed by atoms with Crippen LogP contribution in [0.5, 0.6) is 0 Å². The second kappa shape index (κ2) is 6.40. The minimum absolute atomic E-state index is 0.0674. The van der Waals surface area contributed by atoms with Crippen molar-refractivity contribution in [3.8, 4) is 0 Å². The van der Waals surface area contributed by atoms with E-state index >= 15 is 0 Å². The first kappa shape index (κ1) is 15.0. The molecule has 3 heteroatoms. The van der Waals surface area contributed by atoms with Crippen LogP contribution in [0, 0.1) is 32.6 Å². The summed E-state index contributed by atoms with van der Waals surface area (Å²) in [5.74, 6) is 1.29. The van der Waals surface area contributed by atoms with Gasteiger partial charge in [0.05, 0.1) is 0 Å². The van der Waals surface area contributed by atoms with E-state index in [1.165, 1.54) is 12.0 Å². The lowest BCUT2D eigenvalue weighted by Crippen LogP contribution is -2.42. The van der Waals surface area contributed by atoms with Crippen LogP contribution < -0.4 is 10.6 Å². The first-order chi connectivity index (χ1) is 9.49. The fourth-order valence-electron chi connectivity index (χ4n) is 3.18. The van der Waals surface area contributed by atoms with E-state index in [1.807, 2.05) is 13.8 Å². The van der Waals surface area contributed by atoms with E-state index in [1.54, 1.807) is 0 Å². The summed E-state index contributed by atoms with van der Waals surface area (Å²) >= 11 is 0. The molecule has 1 aliphatic heterocycles. The van der Waals surface area contributed by atoms with Crippen LogP contribution in [0.15, 0.2) is 12.1 Å². The molecule has 0 aromatic heterocycles. The van der Waals surface area contributed by atoms with Crippen LogP contribution >= 0.6 is 0 Å². The molecule has 3 nitrogen and oxygen atoms in total. The Hall–Kier alpha value is -1.35. The number of carbonyl (C=O) groups is 1. The topological polar surface area (TPSA) is 41.1 Å². The first-order valence-electron chi connectivity index (χ1n) is 7.55. The van der Waals surface area contributed by atoms with Gasteiger partial charge < -0.3 is 10.6 Å². The van der Waals surface area contributed by atoms with Gasteiger partial charge in [0.25, 0.3) is 5.91 Å². The largest absolute Gasteiger partial charge is 0.352 e. The normalized spacial score (nSPS) is 22.6. The zero-order valence-electron chi connectivity index (χ0n) is 13.0. The summed E-state index contributed by atoms with van der Waals surface area (Å²) in [5.41, 5.74) is 4.18. The van der Waals surface area contributed by atoms with E-state index in [0.29, 0.717) is 11.8 Å². The van der Waals surface area contributed by atoms with E-state index < -0.39 is 0 Å². The molecule has 20 heavy (non-hydrogen) atoms. The van der Waals surface area contributed by atoms with Crippen LogP contribution in [0.3, 0.4) is 0 Å². The van der Waals surface area contributed by atoms with Crippen LogP contribution in [0.1, 0.15) is 40.4 Å². The van der Waals surface area contributed by atoms with Gasteiger partial charge in [-0.2, -0.15) is 0 Å². The third-order valence-electron chi connectivity index (χ3n) is 4.42. The summed E-state index contributed by atoms with van der Waals surface area (Å²) in [5, 5.41) is 6.53. The zero-order chi connectivity index (χ0) is 14.7. The van der Waals surface area contributed by atoms with Crippen molar-refractivity contribution < 1.29 is 4.79 Å². The number of rotatable bonds is 3. The Kier molecular flexibility index (Phi) is 4.81. The molecule has 1 aromatic rings. The van der Waals surface area contributed by atoms with Gasteiger partial charge in [-0.1, -0.05) is 24.6 Å². The standard InChI is InChI=1S/C17H26N2O/c1-11-7-13(3)16(14(4)8-11)17(20)19-10-15-9-18-6-5-12(15)2/h7-8,12,15,18H,5-6,9-10H2,1-4H3,(H,19,20). The van der Waals surface area contributed by atoms with Gasteiger partial charge in [0, 0.05) is 12.1 Å². The molecule has 1 amide bonds. The van der Waals surface area contributed by atoms with E-state index in [0.717, 1.165) is 36.3 Å². The number of carbonyl (C=O) groups excluding carboxylic acids is 1. The molecule has 2 rings (SSSR count). The maximum Gasteiger partial charge on any atom is 0.251 e. The Bertz CT molecular complexity index is 473. The molecule has 0 radical (unpaired) electrons. The van der Waals surface area contributed by atoms with E-state index in [4.69, 9.17) is 0 Å². The second-order valence-corrected chi connectivity index (χ2v) is 6.21. The Morgan fingerprint density at radius 2 is 1.95 bits per heavy atom. The summed E-state index contributed by atoms with van der Waals surface area (Å²) < 4.78 is 0. The molecule has 1 fully saturated rings. The van der Waals surface area contributed by atoms with Crippen molar-refractivity contribution in [2.75, 3.05) is 19.6 Å². The quantitative estimate of drug-likeness (QED) is 0.889. The number of nitrogens with one attached hydrogen (secondary N) is 2. The molecule has 1 saturated heterocycles. The maximum atomic E-state index is 12.4. The molecule has 0 aliphatic carbocycles. The van der Waals surface area contributed by atoms with Gasteiger partial charge in [-0.25, -0.2) is 0 Å². The van der Waals surface area contributed by atoms with Crippen LogP contribution in [0.2, 0.25) is 0 Å². The molecular weight excluding hydrogens is 248 g/mol. The molecule has 110 valence electrons. The lowest BCUT2D eigenvalue weighted by atomic mass is 9.88. The Labute approximate surface area is 122 Å². The van der Waals surface area contributed by atoms with Crippen LogP contribution in [-0.2, 0) is 0 Å². The van der Waals surface area contributed by atoms with Gasteiger partial charge in [0.1, 0.15) is 0 Å². The monoisotopic (exact) mass is 274 g/mol. The molecule has 0 saturated carbocycles. The van der Waals surface area contributed by atoms with Crippen molar-refractivity contribution >= 4 is 5.91 Å². The minimum atomic E-state index is 0.0674. The zero-order valence-corrected chi connectivity index (χ0v) is 13.0. The van der Waals surface area contributed by atoms with Crippen molar-refractivity contribution in [2.45, 2.75) is 34.1 Å². The van der Waals surface area contributed by atoms with Crippen molar-refractivity contribution in [3.63, 3.8) is 0 Å². The van der Waals surface area contributed by atoms with E-state index in [2.05, 4.69) is 36.6 Å². The maximum absolute atomic E-state index is 12.4. The summed E-state index contributed by atoms with van der Waals surface area (Å²) in [6, 6.07) is 4.15. The SMILES string of the molecule is Cc1cc(C)c(C(=O)NCC2CNCCC2C)c(C)c1. The van der Waals surface area contributed by atoms with Gasteiger partial charge in [-0.3, -0.25) is 4.79 Å². The number of amides is 1. The molecule has 0 bridgehead atoms. The highest BCUT2D eigenvalue weighted by atomic mass is 16.1. The summed E-state index contributed by atoms with van der Waals surface area (Å²) in [6.45, 7) is 11.2. The molecule has 1 heterocycles. The molecule has 2 N–H and O–H groups in total. The number of hydrogen-bond donors (Lipinski definition) is 2. The minimum Gasteiger partial charge on any atom is -0.352 e. The average molecular weight is 274 g/mol.